The molecule has 8 nitrogen and oxygen atoms in total. The van der Waals surface area contributed by atoms with Gasteiger partial charge >= 0.3 is 0 Å². The molecular weight excluding hydrogens is 420 g/mol. The zero-order valence-corrected chi connectivity index (χ0v) is 19.4. The van der Waals surface area contributed by atoms with Crippen molar-refractivity contribution in [2.75, 3.05) is 44.6 Å². The predicted molar refractivity (Wildman–Crippen MR) is 124 cm³/mol. The van der Waals surface area contributed by atoms with Crippen LogP contribution in [0.3, 0.4) is 0 Å². The molecule has 3 aliphatic rings. The lowest BCUT2D eigenvalue weighted by molar-refractivity contribution is -0.141. The van der Waals surface area contributed by atoms with E-state index in [1.165, 1.54) is 4.90 Å². The van der Waals surface area contributed by atoms with Gasteiger partial charge in [-0.25, -0.2) is 0 Å². The zero-order valence-electron chi connectivity index (χ0n) is 19.4. The molecule has 1 aromatic rings. The average Bonchev–Trinajstić information content (AvgIpc) is 3.05. The first-order valence-electron chi connectivity index (χ1n) is 11.7. The molecule has 2 aliphatic heterocycles. The number of piperazine rings is 1. The lowest BCUT2D eigenvalue weighted by Gasteiger charge is -2.34. The molecule has 2 fully saturated rings. The van der Waals surface area contributed by atoms with E-state index in [0.717, 1.165) is 16.8 Å². The Morgan fingerprint density at radius 1 is 0.939 bits per heavy atom. The Morgan fingerprint density at radius 3 is 2.09 bits per heavy atom. The number of carbonyl (C=O) groups is 4. The van der Waals surface area contributed by atoms with Crippen LogP contribution in [0.4, 0.5) is 5.69 Å². The summed E-state index contributed by atoms with van der Waals surface area (Å²) in [4.78, 5) is 55.4. The zero-order chi connectivity index (χ0) is 23.5. The highest BCUT2D eigenvalue weighted by molar-refractivity contribution is 6.05. The van der Waals surface area contributed by atoms with Crippen LogP contribution in [0.2, 0.25) is 0 Å². The van der Waals surface area contributed by atoms with E-state index in [1.807, 2.05) is 49.1 Å². The van der Waals surface area contributed by atoms with E-state index in [1.54, 1.807) is 4.90 Å². The van der Waals surface area contributed by atoms with Gasteiger partial charge in [-0.2, -0.15) is 0 Å². The van der Waals surface area contributed by atoms with Crippen molar-refractivity contribution >= 4 is 29.3 Å². The van der Waals surface area contributed by atoms with Crippen LogP contribution < -0.4 is 5.32 Å². The summed E-state index contributed by atoms with van der Waals surface area (Å²) in [5.41, 5.74) is 2.92. The number of benzene rings is 1. The molecule has 33 heavy (non-hydrogen) atoms. The first-order chi connectivity index (χ1) is 15.8. The standard InChI is InChI=1S/C25H32N4O4/c1-17-6-5-7-18(2)23(17)26-21(30)16-27-12-14-28(15-13-27)22(31)10-11-29-24(32)19-8-3-4-9-20(19)25(29)33/h3-7,19-20H,8-16H2,1-2H3,(H,26,30). The molecule has 8 heteroatoms. The van der Waals surface area contributed by atoms with Gasteiger partial charge in [0.15, 0.2) is 0 Å². The number of hydrogen-bond donors (Lipinski definition) is 1. The van der Waals surface area contributed by atoms with Crippen molar-refractivity contribution in [1.82, 2.24) is 14.7 Å². The minimum Gasteiger partial charge on any atom is -0.340 e. The molecule has 0 saturated carbocycles. The van der Waals surface area contributed by atoms with Crippen LogP contribution in [0.15, 0.2) is 30.4 Å². The van der Waals surface area contributed by atoms with Crippen LogP contribution in [-0.2, 0) is 19.2 Å². The van der Waals surface area contributed by atoms with Crippen molar-refractivity contribution in [3.8, 4) is 0 Å². The highest BCUT2D eigenvalue weighted by Gasteiger charge is 2.47. The van der Waals surface area contributed by atoms with Gasteiger partial charge in [-0.15, -0.1) is 0 Å². The maximum absolute atomic E-state index is 12.7. The second-order valence-corrected chi connectivity index (χ2v) is 9.21. The number of likely N-dealkylation sites (tertiary alicyclic amines) is 1. The number of aryl methyl sites for hydroxylation is 2. The molecule has 1 aromatic carbocycles. The van der Waals surface area contributed by atoms with Crippen LogP contribution in [-0.4, -0.2) is 77.6 Å². The van der Waals surface area contributed by atoms with Gasteiger partial charge in [-0.05, 0) is 37.8 Å². The van der Waals surface area contributed by atoms with Crippen molar-refractivity contribution in [3.63, 3.8) is 0 Å². The fraction of sp³-hybridized carbons (Fsp3) is 0.520. The lowest BCUT2D eigenvalue weighted by Crippen LogP contribution is -2.51. The van der Waals surface area contributed by atoms with E-state index in [4.69, 9.17) is 0 Å². The van der Waals surface area contributed by atoms with Gasteiger partial charge in [0.05, 0.1) is 18.4 Å². The number of hydrogen-bond acceptors (Lipinski definition) is 5. The number of nitrogens with zero attached hydrogens (tertiary/aromatic N) is 3. The summed E-state index contributed by atoms with van der Waals surface area (Å²) in [6.45, 7) is 6.68. The number of anilines is 1. The van der Waals surface area contributed by atoms with Crippen LogP contribution in [0.1, 0.15) is 30.4 Å². The SMILES string of the molecule is Cc1cccc(C)c1NC(=O)CN1CCN(C(=O)CCN2C(=O)C3CC=CCC3C2=O)CC1. The van der Waals surface area contributed by atoms with Gasteiger partial charge in [0.2, 0.25) is 23.6 Å². The molecule has 2 unspecified atom stereocenters. The second-order valence-electron chi connectivity index (χ2n) is 9.21. The van der Waals surface area contributed by atoms with Crippen molar-refractivity contribution < 1.29 is 19.2 Å². The van der Waals surface area contributed by atoms with E-state index in [9.17, 15) is 19.2 Å². The topological polar surface area (TPSA) is 90.0 Å². The van der Waals surface area contributed by atoms with Gasteiger partial charge < -0.3 is 10.2 Å². The smallest absolute Gasteiger partial charge is 0.238 e. The Labute approximate surface area is 194 Å². The third-order valence-electron chi connectivity index (χ3n) is 6.99. The summed E-state index contributed by atoms with van der Waals surface area (Å²) < 4.78 is 0. The first kappa shape index (κ1) is 23.2. The molecule has 4 amide bonds. The third kappa shape index (κ3) is 5.00. The van der Waals surface area contributed by atoms with Crippen LogP contribution in [0.25, 0.3) is 0 Å². The molecule has 2 saturated heterocycles. The van der Waals surface area contributed by atoms with Crippen molar-refractivity contribution in [2.45, 2.75) is 33.1 Å². The van der Waals surface area contributed by atoms with E-state index >= 15 is 0 Å². The molecule has 1 N–H and O–H groups in total. The maximum atomic E-state index is 12.7. The molecule has 176 valence electrons. The monoisotopic (exact) mass is 452 g/mol. The highest BCUT2D eigenvalue weighted by Crippen LogP contribution is 2.35. The van der Waals surface area contributed by atoms with E-state index < -0.39 is 0 Å². The fourth-order valence-corrected chi connectivity index (χ4v) is 5.00. The summed E-state index contributed by atoms with van der Waals surface area (Å²) in [6.07, 6.45) is 5.29. The van der Waals surface area contributed by atoms with Crippen molar-refractivity contribution in [1.29, 1.82) is 0 Å². The third-order valence-corrected chi connectivity index (χ3v) is 6.99. The minimum absolute atomic E-state index is 0.0526. The molecule has 0 spiro atoms. The van der Waals surface area contributed by atoms with Crippen LogP contribution >= 0.6 is 0 Å². The number of amides is 4. The number of rotatable bonds is 6. The Hall–Kier alpha value is -3.00. The van der Waals surface area contributed by atoms with Gasteiger partial charge in [0, 0.05) is 44.8 Å². The van der Waals surface area contributed by atoms with E-state index in [2.05, 4.69) is 5.32 Å². The maximum Gasteiger partial charge on any atom is 0.238 e. The Bertz CT molecular complexity index is 934. The Kier molecular flexibility index (Phi) is 6.93. The quantitative estimate of drug-likeness (QED) is 0.524. The van der Waals surface area contributed by atoms with Crippen molar-refractivity contribution in [3.05, 3.63) is 41.5 Å². The number of allylic oxidation sites excluding steroid dienone is 2. The largest absolute Gasteiger partial charge is 0.340 e. The van der Waals surface area contributed by atoms with E-state index in [0.29, 0.717) is 39.0 Å². The first-order valence-corrected chi connectivity index (χ1v) is 11.7. The highest BCUT2D eigenvalue weighted by atomic mass is 16.2. The summed E-state index contributed by atoms with van der Waals surface area (Å²) in [7, 11) is 0. The Balaban J connectivity index is 1.21. The summed E-state index contributed by atoms with van der Waals surface area (Å²) >= 11 is 0. The molecular formula is C25H32N4O4. The second kappa shape index (κ2) is 9.87. The molecule has 0 aromatic heterocycles. The van der Waals surface area contributed by atoms with Crippen LogP contribution in [0, 0.1) is 25.7 Å². The fourth-order valence-electron chi connectivity index (χ4n) is 5.00. The van der Waals surface area contributed by atoms with Gasteiger partial charge in [-0.1, -0.05) is 30.4 Å². The van der Waals surface area contributed by atoms with Gasteiger partial charge in [-0.3, -0.25) is 29.0 Å². The summed E-state index contributed by atoms with van der Waals surface area (Å²) in [6, 6.07) is 5.92. The lowest BCUT2D eigenvalue weighted by atomic mass is 9.85. The molecule has 1 aliphatic carbocycles. The molecule has 0 bridgehead atoms. The van der Waals surface area contributed by atoms with Crippen molar-refractivity contribution in [2.24, 2.45) is 11.8 Å². The number of fused-ring (bicyclic) bond motifs is 1. The molecule has 0 radical (unpaired) electrons. The summed E-state index contributed by atoms with van der Waals surface area (Å²) in [5, 5.41) is 3.01. The number of carbonyl (C=O) groups excluding carboxylic acids is 4. The minimum atomic E-state index is -0.254. The summed E-state index contributed by atoms with van der Waals surface area (Å²) in [5.74, 6) is -0.896. The number of para-hydroxylation sites is 1. The predicted octanol–water partition coefficient (Wildman–Crippen LogP) is 1.73. The van der Waals surface area contributed by atoms with Gasteiger partial charge in [0.1, 0.15) is 0 Å². The normalized spacial score (nSPS) is 23.1. The molecule has 2 heterocycles. The molecule has 4 rings (SSSR count). The number of nitrogens with one attached hydrogen (secondary N) is 1. The average molecular weight is 453 g/mol. The molecule has 2 atom stereocenters. The Morgan fingerprint density at radius 2 is 1.52 bits per heavy atom. The van der Waals surface area contributed by atoms with Crippen LogP contribution in [0.5, 0.6) is 0 Å². The van der Waals surface area contributed by atoms with E-state index in [-0.39, 0.29) is 55.0 Å². The number of imide groups is 1. The van der Waals surface area contributed by atoms with Gasteiger partial charge in [0.25, 0.3) is 0 Å².